The number of hydrogen-bond acceptors (Lipinski definition) is 1. The minimum atomic E-state index is -5.06. The van der Waals surface area contributed by atoms with Gasteiger partial charge in [0.05, 0.1) is 16.7 Å². The Morgan fingerprint density at radius 2 is 1.88 bits per heavy atom. The summed E-state index contributed by atoms with van der Waals surface area (Å²) < 4.78 is 41.3. The van der Waals surface area contributed by atoms with Gasteiger partial charge in [-0.15, -0.1) is 12.1 Å². The first-order valence-electron chi connectivity index (χ1n) is 4.26. The summed E-state index contributed by atoms with van der Waals surface area (Å²) in [7, 11) is 0. The Bertz CT molecular complexity index is 406. The monoisotopic (exact) mass is 269 g/mol. The molecule has 0 atom stereocenters. The molecule has 0 saturated carbocycles. The van der Waals surface area contributed by atoms with Gasteiger partial charge in [0.15, 0.2) is 0 Å². The molecule has 0 unspecified atom stereocenters. The largest absolute Gasteiger partial charge is 0.508 e. The van der Waals surface area contributed by atoms with Crippen LogP contribution in [0.5, 0.6) is 5.75 Å². The first-order chi connectivity index (χ1) is 7.30. The topological polar surface area (TPSA) is 9.23 Å². The normalized spacial score (nSPS) is 11.3. The van der Waals surface area contributed by atoms with E-state index in [9.17, 15) is 12.9 Å². The molecule has 1 aromatic rings. The molecule has 0 spiro atoms. The van der Waals surface area contributed by atoms with Gasteiger partial charge in [-0.05, 0) is 12.1 Å². The molecular formula is C9H7BCl2F3O-. The molecule has 16 heavy (non-hydrogen) atoms. The lowest BCUT2D eigenvalue weighted by Crippen LogP contribution is -2.23. The van der Waals surface area contributed by atoms with Crippen LogP contribution >= 0.6 is 23.2 Å². The van der Waals surface area contributed by atoms with Crippen LogP contribution in [0.4, 0.5) is 12.9 Å². The van der Waals surface area contributed by atoms with Crippen LogP contribution in [0.3, 0.4) is 0 Å². The van der Waals surface area contributed by atoms with E-state index in [1.807, 2.05) is 0 Å². The van der Waals surface area contributed by atoms with Crippen LogP contribution in [0, 0.1) is 0 Å². The van der Waals surface area contributed by atoms with Crippen LogP contribution in [-0.4, -0.2) is 13.6 Å². The van der Waals surface area contributed by atoms with E-state index in [0.717, 1.165) is 0 Å². The van der Waals surface area contributed by atoms with Gasteiger partial charge in [-0.3, -0.25) is 0 Å². The number of rotatable bonds is 4. The summed E-state index contributed by atoms with van der Waals surface area (Å²) >= 11 is 11.3. The predicted octanol–water partition coefficient (Wildman–Crippen LogP) is 4.32. The second kappa shape index (κ2) is 5.02. The van der Waals surface area contributed by atoms with E-state index in [4.69, 9.17) is 27.9 Å². The van der Waals surface area contributed by atoms with Gasteiger partial charge in [-0.25, -0.2) is 0 Å². The van der Waals surface area contributed by atoms with Crippen molar-refractivity contribution in [2.45, 2.75) is 0 Å². The molecule has 0 bridgehead atoms. The van der Waals surface area contributed by atoms with E-state index in [2.05, 4.69) is 6.58 Å². The molecule has 0 radical (unpaired) electrons. The van der Waals surface area contributed by atoms with Crippen LogP contribution < -0.4 is 4.74 Å². The summed E-state index contributed by atoms with van der Waals surface area (Å²) in [5, 5.41) is 0.537. The highest BCUT2D eigenvalue weighted by Crippen LogP contribution is 2.27. The third kappa shape index (κ3) is 3.65. The van der Waals surface area contributed by atoms with E-state index in [-0.39, 0.29) is 10.8 Å². The minimum absolute atomic E-state index is 0.218. The highest BCUT2D eigenvalue weighted by molar-refractivity contribution is 6.66. The Morgan fingerprint density at radius 1 is 1.25 bits per heavy atom. The summed E-state index contributed by atoms with van der Waals surface area (Å²) in [6, 6.07) is 4.23. The van der Waals surface area contributed by atoms with E-state index >= 15 is 0 Å². The lowest BCUT2D eigenvalue weighted by molar-refractivity contribution is 0.347. The van der Waals surface area contributed by atoms with Crippen LogP contribution in [-0.2, 0) is 0 Å². The second-order valence-corrected chi connectivity index (χ2v) is 3.91. The predicted molar refractivity (Wildman–Crippen MR) is 60.2 cm³/mol. The van der Waals surface area contributed by atoms with Crippen LogP contribution in [0.1, 0.15) is 0 Å². The van der Waals surface area contributed by atoms with Gasteiger partial charge >= 0.3 is 6.98 Å². The van der Waals surface area contributed by atoms with Gasteiger partial charge in [0.25, 0.3) is 0 Å². The van der Waals surface area contributed by atoms with Crippen molar-refractivity contribution in [2.24, 2.45) is 0 Å². The van der Waals surface area contributed by atoms with Crippen molar-refractivity contribution in [3.8, 4) is 5.75 Å². The van der Waals surface area contributed by atoms with E-state index < -0.39 is 19.1 Å². The van der Waals surface area contributed by atoms with Crippen molar-refractivity contribution < 1.29 is 17.7 Å². The van der Waals surface area contributed by atoms with Crippen LogP contribution in [0.15, 0.2) is 30.3 Å². The quantitative estimate of drug-likeness (QED) is 0.740. The van der Waals surface area contributed by atoms with Gasteiger partial charge in [0, 0.05) is 6.07 Å². The van der Waals surface area contributed by atoms with Crippen molar-refractivity contribution in [2.75, 3.05) is 6.61 Å². The molecule has 0 N–H and O–H groups in total. The fraction of sp³-hybridized carbons (Fsp3) is 0.111. The fourth-order valence-electron chi connectivity index (χ4n) is 0.837. The van der Waals surface area contributed by atoms with Gasteiger partial charge < -0.3 is 17.7 Å². The van der Waals surface area contributed by atoms with Gasteiger partial charge in [0.2, 0.25) is 0 Å². The average molecular weight is 270 g/mol. The molecule has 1 nitrogen and oxygen atoms in total. The van der Waals surface area contributed by atoms with Crippen LogP contribution in [0.2, 0.25) is 10.0 Å². The maximum Gasteiger partial charge on any atom is 0.508 e. The molecule has 0 aliphatic carbocycles. The second-order valence-electron chi connectivity index (χ2n) is 3.10. The maximum absolute atomic E-state index is 12.1. The Labute approximate surface area is 101 Å². The standard InChI is InChI=1S/C9H7BCl2F3O/c1-6(10(13,14)15)5-16-7-2-3-8(11)9(12)4-7/h2-4H,1,5H2/q-1. The molecule has 0 aliphatic heterocycles. The highest BCUT2D eigenvalue weighted by atomic mass is 35.5. The van der Waals surface area contributed by atoms with E-state index in [1.165, 1.54) is 18.2 Å². The summed E-state index contributed by atoms with van der Waals surface area (Å²) in [6.45, 7) is -2.77. The molecule has 7 heteroatoms. The number of hydrogen-bond donors (Lipinski definition) is 0. The smallest absolute Gasteiger partial charge is 0.492 e. The molecule has 1 aromatic carbocycles. The average Bonchev–Trinajstić information content (AvgIpc) is 2.18. The maximum atomic E-state index is 12.1. The van der Waals surface area contributed by atoms with Crippen LogP contribution in [0.25, 0.3) is 0 Å². The lowest BCUT2D eigenvalue weighted by Gasteiger charge is -2.18. The first kappa shape index (κ1) is 13.3. The van der Waals surface area contributed by atoms with Gasteiger partial charge in [-0.2, -0.15) is 0 Å². The Kier molecular flexibility index (Phi) is 4.16. The Hall–Kier alpha value is -0.805. The summed E-state index contributed by atoms with van der Waals surface area (Å²) in [5.41, 5.74) is -0.897. The SMILES string of the molecule is C=C(COc1ccc(Cl)c(Cl)c1)[B-](F)(F)F. The summed E-state index contributed by atoms with van der Waals surface area (Å²) in [6.07, 6.45) is 0. The molecule has 0 fully saturated rings. The number of ether oxygens (including phenoxy) is 1. The van der Waals surface area contributed by atoms with Crippen molar-refractivity contribution in [1.82, 2.24) is 0 Å². The molecule has 0 amide bonds. The van der Waals surface area contributed by atoms with Gasteiger partial charge in [-0.1, -0.05) is 23.2 Å². The summed E-state index contributed by atoms with van der Waals surface area (Å²) in [4.78, 5) is 0. The first-order valence-corrected chi connectivity index (χ1v) is 5.02. The molecule has 1 rings (SSSR count). The fourth-order valence-corrected chi connectivity index (χ4v) is 1.13. The number of halogens is 5. The van der Waals surface area contributed by atoms with Crippen molar-refractivity contribution in [3.05, 3.63) is 40.3 Å². The molecule has 0 aliphatic rings. The molecule has 0 heterocycles. The number of benzene rings is 1. The molecule has 88 valence electrons. The van der Waals surface area contributed by atoms with Crippen molar-refractivity contribution in [1.29, 1.82) is 0 Å². The van der Waals surface area contributed by atoms with Gasteiger partial charge in [0.1, 0.15) is 5.75 Å². The third-order valence-corrected chi connectivity index (χ3v) is 2.52. The van der Waals surface area contributed by atoms with E-state index in [0.29, 0.717) is 5.02 Å². The van der Waals surface area contributed by atoms with E-state index in [1.54, 1.807) is 0 Å². The lowest BCUT2D eigenvalue weighted by atomic mass is 9.81. The molecule has 0 saturated heterocycles. The van der Waals surface area contributed by atoms with Crippen molar-refractivity contribution >= 4 is 30.2 Å². The third-order valence-electron chi connectivity index (χ3n) is 1.78. The minimum Gasteiger partial charge on any atom is -0.492 e. The van der Waals surface area contributed by atoms with Crippen molar-refractivity contribution in [3.63, 3.8) is 0 Å². The Balaban J connectivity index is 2.62. The zero-order valence-corrected chi connectivity index (χ0v) is 9.53. The molecular weight excluding hydrogens is 263 g/mol. The zero-order chi connectivity index (χ0) is 12.3. The summed E-state index contributed by atoms with van der Waals surface area (Å²) in [5.74, 6) is 0.218. The molecule has 0 aromatic heterocycles. The Morgan fingerprint density at radius 3 is 2.38 bits per heavy atom. The highest BCUT2D eigenvalue weighted by Gasteiger charge is 2.26. The zero-order valence-electron chi connectivity index (χ0n) is 8.02.